The third kappa shape index (κ3) is 33.7. The zero-order valence-corrected chi connectivity index (χ0v) is 31.1. The van der Waals surface area contributed by atoms with Gasteiger partial charge in [-0.2, -0.15) is 0 Å². The van der Waals surface area contributed by atoms with Gasteiger partial charge in [-0.05, 0) is 44.9 Å². The Kier molecular flexibility index (Phi) is 28.8. The van der Waals surface area contributed by atoms with Gasteiger partial charge in [-0.25, -0.2) is 4.57 Å². The van der Waals surface area contributed by atoms with Crippen LogP contribution in [-0.4, -0.2) is 74.9 Å². The quantitative estimate of drug-likeness (QED) is 0.0253. The van der Waals surface area contributed by atoms with E-state index >= 15 is 0 Å². The molecule has 0 amide bonds. The van der Waals surface area contributed by atoms with Crippen LogP contribution in [0.3, 0.4) is 0 Å². The molecule has 0 aromatic heterocycles. The zero-order valence-electron chi connectivity index (χ0n) is 30.2. The Morgan fingerprint density at radius 1 is 0.681 bits per heavy atom. The second-order valence-electron chi connectivity index (χ2n) is 12.8. The monoisotopic (exact) mass is 684 g/mol. The van der Waals surface area contributed by atoms with Crippen LogP contribution in [0.25, 0.3) is 0 Å². The Morgan fingerprint density at radius 2 is 1.19 bits per heavy atom. The van der Waals surface area contributed by atoms with Crippen molar-refractivity contribution in [3.63, 3.8) is 0 Å². The summed E-state index contributed by atoms with van der Waals surface area (Å²) in [6.45, 7) is 3.68. The van der Waals surface area contributed by atoms with E-state index in [0.29, 0.717) is 17.4 Å². The summed E-state index contributed by atoms with van der Waals surface area (Å²) < 4.78 is 33.3. The first-order valence-corrected chi connectivity index (χ1v) is 19.4. The number of rotatable bonds is 31. The third-order valence-corrected chi connectivity index (χ3v) is 8.16. The number of carbonyl (C=O) groups excluding carboxylic acids is 2. The average Bonchev–Trinajstić information content (AvgIpc) is 3.01. The number of carbonyl (C=O) groups is 2. The standard InChI is InChI=1S/C37H66NO8P/c1-6-8-9-10-11-12-13-14-15-16-17-18-19-20-21-22-23-24-25-26-27-28-29-30-37(40)46-35(33-43-36(39)7-2)34-45-47(41,42)44-32-31-38(3,4)5/h8-9,11-12,14-15,17-18,35H,6-7,10,13,16,19-34H2,1-5H3/p+1/b9-8-,12-11-,15-14-,18-17-. The first-order chi connectivity index (χ1) is 22.5. The average molecular weight is 685 g/mol. The Bertz CT molecular complexity index is 954. The molecule has 0 spiro atoms. The molecule has 0 aliphatic carbocycles. The lowest BCUT2D eigenvalue weighted by molar-refractivity contribution is -0.870. The van der Waals surface area contributed by atoms with E-state index in [2.05, 4.69) is 55.5 Å². The highest BCUT2D eigenvalue weighted by molar-refractivity contribution is 7.47. The number of nitrogens with zero attached hydrogens (tertiary/aromatic N) is 1. The van der Waals surface area contributed by atoms with Crippen LogP contribution in [-0.2, 0) is 32.7 Å². The van der Waals surface area contributed by atoms with Gasteiger partial charge in [0.1, 0.15) is 19.8 Å². The van der Waals surface area contributed by atoms with Gasteiger partial charge >= 0.3 is 19.8 Å². The molecule has 0 radical (unpaired) electrons. The Hall–Kier alpha value is -2.03. The molecule has 0 fully saturated rings. The van der Waals surface area contributed by atoms with Crippen LogP contribution in [0.15, 0.2) is 48.6 Å². The van der Waals surface area contributed by atoms with Crippen LogP contribution in [0.5, 0.6) is 0 Å². The first kappa shape index (κ1) is 45.0. The summed E-state index contributed by atoms with van der Waals surface area (Å²) in [6, 6.07) is 0. The first-order valence-electron chi connectivity index (χ1n) is 17.9. The summed E-state index contributed by atoms with van der Waals surface area (Å²) in [5, 5.41) is 0. The fraction of sp³-hybridized carbons (Fsp3) is 0.730. The van der Waals surface area contributed by atoms with Crippen molar-refractivity contribution in [2.75, 3.05) is 47.5 Å². The predicted molar refractivity (Wildman–Crippen MR) is 192 cm³/mol. The van der Waals surface area contributed by atoms with Gasteiger partial charge in [-0.1, -0.05) is 114 Å². The van der Waals surface area contributed by atoms with E-state index in [1.165, 1.54) is 38.5 Å². The van der Waals surface area contributed by atoms with E-state index in [9.17, 15) is 19.0 Å². The number of esters is 2. The maximum atomic E-state index is 12.4. The minimum Gasteiger partial charge on any atom is -0.462 e. The van der Waals surface area contributed by atoms with E-state index in [4.69, 9.17) is 18.5 Å². The van der Waals surface area contributed by atoms with Gasteiger partial charge in [0.05, 0.1) is 27.7 Å². The lowest BCUT2D eigenvalue weighted by Gasteiger charge is -2.24. The van der Waals surface area contributed by atoms with Crippen molar-refractivity contribution in [3.8, 4) is 0 Å². The van der Waals surface area contributed by atoms with Crippen LogP contribution >= 0.6 is 7.82 Å². The summed E-state index contributed by atoms with van der Waals surface area (Å²) >= 11 is 0. The molecule has 2 unspecified atom stereocenters. The van der Waals surface area contributed by atoms with Gasteiger partial charge in [0, 0.05) is 12.8 Å². The normalized spacial score (nSPS) is 14.4. The van der Waals surface area contributed by atoms with Gasteiger partial charge in [0.25, 0.3) is 0 Å². The van der Waals surface area contributed by atoms with Crippen molar-refractivity contribution in [3.05, 3.63) is 48.6 Å². The smallest absolute Gasteiger partial charge is 0.462 e. The molecule has 0 bridgehead atoms. The van der Waals surface area contributed by atoms with Gasteiger partial charge in [0.15, 0.2) is 6.10 Å². The number of phosphoric acid groups is 1. The maximum absolute atomic E-state index is 12.4. The molecule has 2 atom stereocenters. The Labute approximate surface area is 286 Å². The van der Waals surface area contributed by atoms with Crippen molar-refractivity contribution in [2.24, 2.45) is 0 Å². The molecule has 47 heavy (non-hydrogen) atoms. The zero-order chi connectivity index (χ0) is 35.1. The van der Waals surface area contributed by atoms with Crippen molar-refractivity contribution in [2.45, 2.75) is 129 Å². The van der Waals surface area contributed by atoms with Crippen molar-refractivity contribution >= 4 is 19.8 Å². The molecular formula is C37H67NO8P+. The largest absolute Gasteiger partial charge is 0.472 e. The fourth-order valence-electron chi connectivity index (χ4n) is 4.34. The number of ether oxygens (including phenoxy) is 2. The van der Waals surface area contributed by atoms with E-state index < -0.39 is 32.5 Å². The number of quaternary nitrogens is 1. The fourth-order valence-corrected chi connectivity index (χ4v) is 5.08. The van der Waals surface area contributed by atoms with Crippen LogP contribution in [0, 0.1) is 0 Å². The maximum Gasteiger partial charge on any atom is 0.472 e. The lowest BCUT2D eigenvalue weighted by Crippen LogP contribution is -2.37. The van der Waals surface area contributed by atoms with Gasteiger partial charge < -0.3 is 18.9 Å². The van der Waals surface area contributed by atoms with Crippen LogP contribution in [0.1, 0.15) is 123 Å². The summed E-state index contributed by atoms with van der Waals surface area (Å²) in [4.78, 5) is 33.9. The highest BCUT2D eigenvalue weighted by Crippen LogP contribution is 2.43. The topological polar surface area (TPSA) is 108 Å². The van der Waals surface area contributed by atoms with Gasteiger partial charge in [-0.15, -0.1) is 0 Å². The number of hydrogen-bond acceptors (Lipinski definition) is 7. The second-order valence-corrected chi connectivity index (χ2v) is 14.3. The van der Waals surface area contributed by atoms with Crippen LogP contribution < -0.4 is 0 Å². The molecule has 0 rings (SSSR count). The molecule has 0 saturated carbocycles. The summed E-state index contributed by atoms with van der Waals surface area (Å²) in [7, 11) is 1.46. The van der Waals surface area contributed by atoms with Crippen molar-refractivity contribution < 1.29 is 42.1 Å². The SMILES string of the molecule is CC/C=C\C/C=C\C/C=C\C/C=C\CCCCCCCCCCCCC(=O)OC(COC(=O)CC)COP(=O)(O)OCC[N+](C)(C)C. The lowest BCUT2D eigenvalue weighted by atomic mass is 10.0. The summed E-state index contributed by atoms with van der Waals surface area (Å²) in [5.74, 6) is -0.908. The molecule has 0 aromatic rings. The summed E-state index contributed by atoms with van der Waals surface area (Å²) in [6.07, 6.45) is 34.0. The highest BCUT2D eigenvalue weighted by atomic mass is 31.2. The molecule has 10 heteroatoms. The van der Waals surface area contributed by atoms with E-state index in [1.807, 2.05) is 21.1 Å². The van der Waals surface area contributed by atoms with Crippen molar-refractivity contribution in [1.29, 1.82) is 0 Å². The number of hydrogen-bond donors (Lipinski definition) is 1. The molecule has 0 aliphatic heterocycles. The summed E-state index contributed by atoms with van der Waals surface area (Å²) in [5.41, 5.74) is 0. The Balaban J connectivity index is 3.94. The molecule has 0 aromatic carbocycles. The van der Waals surface area contributed by atoms with Crippen molar-refractivity contribution in [1.82, 2.24) is 0 Å². The van der Waals surface area contributed by atoms with Crippen LogP contribution in [0.2, 0.25) is 0 Å². The van der Waals surface area contributed by atoms with E-state index in [-0.39, 0.29) is 26.1 Å². The highest BCUT2D eigenvalue weighted by Gasteiger charge is 2.26. The minimum absolute atomic E-state index is 0.0276. The molecule has 272 valence electrons. The van der Waals surface area contributed by atoms with Gasteiger partial charge in [-0.3, -0.25) is 18.6 Å². The minimum atomic E-state index is -4.34. The van der Waals surface area contributed by atoms with E-state index in [0.717, 1.165) is 51.4 Å². The number of phosphoric ester groups is 1. The molecule has 0 saturated heterocycles. The molecular weight excluding hydrogens is 617 g/mol. The van der Waals surface area contributed by atoms with Crippen LogP contribution in [0.4, 0.5) is 0 Å². The molecule has 0 aliphatic rings. The second kappa shape index (κ2) is 30.1. The number of unbranched alkanes of at least 4 members (excludes halogenated alkanes) is 10. The number of likely N-dealkylation sites (N-methyl/N-ethyl adjacent to an activating group) is 1. The molecule has 1 N–H and O–H groups in total. The Morgan fingerprint density at radius 3 is 1.72 bits per heavy atom. The molecule has 9 nitrogen and oxygen atoms in total. The molecule has 0 heterocycles. The van der Waals surface area contributed by atoms with Gasteiger partial charge in [0.2, 0.25) is 0 Å². The van der Waals surface area contributed by atoms with E-state index in [1.54, 1.807) is 6.92 Å². The third-order valence-electron chi connectivity index (χ3n) is 7.18. The predicted octanol–water partition coefficient (Wildman–Crippen LogP) is 9.18. The number of allylic oxidation sites excluding steroid dienone is 8.